The lowest BCUT2D eigenvalue weighted by Gasteiger charge is -2.23. The zero-order chi connectivity index (χ0) is 21.1. The lowest BCUT2D eigenvalue weighted by Crippen LogP contribution is -2.27. The molecule has 0 bridgehead atoms. The van der Waals surface area contributed by atoms with Crippen LogP contribution in [0.2, 0.25) is 0 Å². The van der Waals surface area contributed by atoms with Gasteiger partial charge in [0.05, 0.1) is 30.9 Å². The number of rotatable bonds is 6. The number of methoxy groups -OCH3 is 2. The molecule has 0 spiro atoms. The molecule has 1 atom stereocenters. The van der Waals surface area contributed by atoms with Crippen LogP contribution >= 0.6 is 0 Å². The largest absolute Gasteiger partial charge is 0.497 e. The first-order chi connectivity index (χ1) is 14.5. The summed E-state index contributed by atoms with van der Waals surface area (Å²) in [6.07, 6.45) is 0.450. The highest BCUT2D eigenvalue weighted by molar-refractivity contribution is 7.89. The Labute approximate surface area is 176 Å². The molecule has 0 aliphatic carbocycles. The molecule has 7 heteroatoms. The maximum atomic E-state index is 13.4. The molecule has 0 amide bonds. The molecule has 3 aromatic rings. The summed E-state index contributed by atoms with van der Waals surface area (Å²) in [7, 11) is -0.628. The minimum Gasteiger partial charge on any atom is -0.497 e. The van der Waals surface area contributed by atoms with Crippen LogP contribution < -0.4 is 9.47 Å². The van der Waals surface area contributed by atoms with Crippen molar-refractivity contribution in [1.82, 2.24) is 4.41 Å². The van der Waals surface area contributed by atoms with Crippen LogP contribution in [-0.2, 0) is 10.0 Å². The standard InChI is InChI=1S/C23H22N2O4S/c1-28-19-13-11-17(12-14-19)23-16-22(18-7-6-8-20(15-18)29-2)24-25(23)30(26,27)21-9-4-3-5-10-21/h3-15,23H,16H2,1-2H3/t23-/m0/s1. The van der Waals surface area contributed by atoms with Crippen molar-refractivity contribution in [2.24, 2.45) is 5.10 Å². The number of ether oxygens (including phenoxy) is 2. The fourth-order valence-electron chi connectivity index (χ4n) is 3.46. The first-order valence-corrected chi connectivity index (χ1v) is 10.9. The molecule has 0 N–H and O–H groups in total. The van der Waals surface area contributed by atoms with Gasteiger partial charge in [-0.25, -0.2) is 0 Å². The van der Waals surface area contributed by atoms with E-state index < -0.39 is 16.1 Å². The highest BCUT2D eigenvalue weighted by atomic mass is 32.2. The zero-order valence-electron chi connectivity index (χ0n) is 16.7. The maximum Gasteiger partial charge on any atom is 0.279 e. The van der Waals surface area contributed by atoms with Gasteiger partial charge in [-0.3, -0.25) is 0 Å². The summed E-state index contributed by atoms with van der Waals surface area (Å²) in [6.45, 7) is 0. The third-order valence-electron chi connectivity index (χ3n) is 5.06. The van der Waals surface area contributed by atoms with Gasteiger partial charge in [-0.15, -0.1) is 0 Å². The van der Waals surface area contributed by atoms with E-state index in [4.69, 9.17) is 9.47 Å². The molecule has 0 radical (unpaired) electrons. The van der Waals surface area contributed by atoms with E-state index in [1.807, 2.05) is 48.5 Å². The Kier molecular flexibility index (Phi) is 5.46. The van der Waals surface area contributed by atoms with Gasteiger partial charge in [0.15, 0.2) is 0 Å². The number of hydrogen-bond donors (Lipinski definition) is 0. The number of benzene rings is 3. The van der Waals surface area contributed by atoms with E-state index in [0.717, 1.165) is 11.1 Å². The summed E-state index contributed by atoms with van der Waals surface area (Å²) in [5.41, 5.74) is 2.37. The quantitative estimate of drug-likeness (QED) is 0.596. The third kappa shape index (κ3) is 3.76. The van der Waals surface area contributed by atoms with Gasteiger partial charge in [0.2, 0.25) is 0 Å². The van der Waals surface area contributed by atoms with Crippen molar-refractivity contribution < 1.29 is 17.9 Å². The van der Waals surface area contributed by atoms with Gasteiger partial charge in [-0.1, -0.05) is 42.5 Å². The topological polar surface area (TPSA) is 68.2 Å². The minimum absolute atomic E-state index is 0.208. The molecule has 0 saturated heterocycles. The van der Waals surface area contributed by atoms with Crippen molar-refractivity contribution in [1.29, 1.82) is 0 Å². The highest BCUT2D eigenvalue weighted by Crippen LogP contribution is 2.38. The van der Waals surface area contributed by atoms with Crippen LogP contribution in [0.15, 0.2) is 88.9 Å². The van der Waals surface area contributed by atoms with E-state index in [2.05, 4.69) is 5.10 Å². The van der Waals surface area contributed by atoms with Gasteiger partial charge in [-0.05, 0) is 42.0 Å². The predicted octanol–water partition coefficient (Wildman–Crippen LogP) is 4.24. The lowest BCUT2D eigenvalue weighted by atomic mass is 9.99. The Hall–Kier alpha value is -3.32. The summed E-state index contributed by atoms with van der Waals surface area (Å²) in [6, 6.07) is 22.8. The van der Waals surface area contributed by atoms with Crippen LogP contribution in [0, 0.1) is 0 Å². The molecule has 0 fully saturated rings. The van der Waals surface area contributed by atoms with E-state index in [1.165, 1.54) is 4.41 Å². The van der Waals surface area contributed by atoms with Crippen molar-refractivity contribution in [3.63, 3.8) is 0 Å². The summed E-state index contributed by atoms with van der Waals surface area (Å²) < 4.78 is 38.6. The summed E-state index contributed by atoms with van der Waals surface area (Å²) >= 11 is 0. The molecule has 154 valence electrons. The van der Waals surface area contributed by atoms with Gasteiger partial charge in [0, 0.05) is 12.0 Å². The minimum atomic E-state index is -3.82. The van der Waals surface area contributed by atoms with Crippen LogP contribution in [0.1, 0.15) is 23.6 Å². The average Bonchev–Trinajstić information content (AvgIpc) is 3.26. The SMILES string of the molecule is COc1ccc([C@@H]2CC(c3cccc(OC)c3)=NN2S(=O)(=O)c2ccccc2)cc1. The molecular weight excluding hydrogens is 400 g/mol. The van der Waals surface area contributed by atoms with E-state index in [1.54, 1.807) is 44.6 Å². The fraction of sp³-hybridized carbons (Fsp3) is 0.174. The van der Waals surface area contributed by atoms with Crippen molar-refractivity contribution in [2.75, 3.05) is 14.2 Å². The molecule has 6 nitrogen and oxygen atoms in total. The number of hydrazone groups is 1. The molecule has 0 saturated carbocycles. The maximum absolute atomic E-state index is 13.4. The zero-order valence-corrected chi connectivity index (χ0v) is 17.5. The smallest absolute Gasteiger partial charge is 0.279 e. The molecule has 4 rings (SSSR count). The number of nitrogens with zero attached hydrogens (tertiary/aromatic N) is 2. The van der Waals surface area contributed by atoms with E-state index in [-0.39, 0.29) is 4.90 Å². The monoisotopic (exact) mass is 422 g/mol. The second-order valence-corrected chi connectivity index (χ2v) is 8.66. The molecule has 1 aliphatic rings. The van der Waals surface area contributed by atoms with Gasteiger partial charge < -0.3 is 9.47 Å². The van der Waals surface area contributed by atoms with Crippen LogP contribution in [-0.4, -0.2) is 32.8 Å². The normalized spacial score (nSPS) is 16.3. The second kappa shape index (κ2) is 8.20. The predicted molar refractivity (Wildman–Crippen MR) is 115 cm³/mol. The van der Waals surface area contributed by atoms with Gasteiger partial charge in [0.25, 0.3) is 10.0 Å². The van der Waals surface area contributed by atoms with Crippen LogP contribution in [0.25, 0.3) is 0 Å². The summed E-state index contributed by atoms with van der Waals surface area (Å²) in [5, 5.41) is 4.56. The molecule has 30 heavy (non-hydrogen) atoms. The third-order valence-corrected chi connectivity index (χ3v) is 6.76. The molecule has 0 aromatic heterocycles. The first-order valence-electron chi connectivity index (χ1n) is 9.48. The first kappa shape index (κ1) is 20.0. The van der Waals surface area contributed by atoms with Crippen molar-refractivity contribution in [3.05, 3.63) is 90.0 Å². The number of sulfonamides is 1. The van der Waals surface area contributed by atoms with Gasteiger partial charge >= 0.3 is 0 Å². The van der Waals surface area contributed by atoms with Crippen molar-refractivity contribution >= 4 is 15.7 Å². The highest BCUT2D eigenvalue weighted by Gasteiger charge is 2.37. The van der Waals surface area contributed by atoms with Gasteiger partial charge in [0.1, 0.15) is 11.5 Å². The lowest BCUT2D eigenvalue weighted by molar-refractivity contribution is 0.370. The van der Waals surface area contributed by atoms with Crippen LogP contribution in [0.4, 0.5) is 0 Å². The van der Waals surface area contributed by atoms with Gasteiger partial charge in [-0.2, -0.15) is 17.9 Å². The van der Waals surface area contributed by atoms with E-state index in [9.17, 15) is 8.42 Å². The van der Waals surface area contributed by atoms with Crippen molar-refractivity contribution in [3.8, 4) is 11.5 Å². The molecule has 0 unspecified atom stereocenters. The Bertz CT molecular complexity index is 1160. The molecule has 1 heterocycles. The molecular formula is C23H22N2O4S. The Balaban J connectivity index is 1.78. The van der Waals surface area contributed by atoms with E-state index >= 15 is 0 Å². The van der Waals surface area contributed by atoms with Crippen molar-refractivity contribution in [2.45, 2.75) is 17.4 Å². The average molecular weight is 423 g/mol. The Morgan fingerprint density at radius 2 is 1.57 bits per heavy atom. The summed E-state index contributed by atoms with van der Waals surface area (Å²) in [5.74, 6) is 1.41. The number of hydrogen-bond acceptors (Lipinski definition) is 5. The summed E-state index contributed by atoms with van der Waals surface area (Å²) in [4.78, 5) is 0.208. The van der Waals surface area contributed by atoms with E-state index in [0.29, 0.717) is 23.6 Å². The molecule has 1 aliphatic heterocycles. The fourth-order valence-corrected chi connectivity index (χ4v) is 4.92. The Morgan fingerprint density at radius 1 is 0.867 bits per heavy atom. The Morgan fingerprint density at radius 3 is 2.23 bits per heavy atom. The van der Waals surface area contributed by atoms with Crippen LogP contribution in [0.3, 0.4) is 0 Å². The molecule has 3 aromatic carbocycles. The second-order valence-electron chi connectivity index (χ2n) is 6.86. The van der Waals surface area contributed by atoms with Crippen LogP contribution in [0.5, 0.6) is 11.5 Å².